The summed E-state index contributed by atoms with van der Waals surface area (Å²) in [5, 5.41) is 5.67. The van der Waals surface area contributed by atoms with E-state index < -0.39 is 0 Å². The molecule has 24 heavy (non-hydrogen) atoms. The van der Waals surface area contributed by atoms with Crippen molar-refractivity contribution in [1.29, 1.82) is 0 Å². The summed E-state index contributed by atoms with van der Waals surface area (Å²) in [6.45, 7) is 4.00. The van der Waals surface area contributed by atoms with E-state index >= 15 is 0 Å². The Balaban J connectivity index is 1.73. The first-order valence-electron chi connectivity index (χ1n) is 7.44. The predicted octanol–water partition coefficient (Wildman–Crippen LogP) is 4.22. The number of rotatable bonds is 6. The Kier molecular flexibility index (Phi) is 7.11. The molecule has 2 rings (SSSR count). The van der Waals surface area contributed by atoms with Gasteiger partial charge in [-0.05, 0) is 71.8 Å². The van der Waals surface area contributed by atoms with Crippen LogP contribution in [0.1, 0.15) is 11.1 Å². The van der Waals surface area contributed by atoms with Crippen LogP contribution in [0.25, 0.3) is 0 Å². The van der Waals surface area contributed by atoms with E-state index in [9.17, 15) is 9.59 Å². The maximum Gasteiger partial charge on any atom is 0.234 e. The van der Waals surface area contributed by atoms with Gasteiger partial charge in [-0.1, -0.05) is 18.2 Å². The maximum atomic E-state index is 11.9. The van der Waals surface area contributed by atoms with E-state index in [1.54, 1.807) is 0 Å². The van der Waals surface area contributed by atoms with Gasteiger partial charge in [-0.15, -0.1) is 11.8 Å². The number of hydrogen-bond donors (Lipinski definition) is 2. The third-order valence-electron chi connectivity index (χ3n) is 3.22. The Morgan fingerprint density at radius 2 is 1.58 bits per heavy atom. The zero-order chi connectivity index (χ0) is 17.5. The van der Waals surface area contributed by atoms with Crippen molar-refractivity contribution in [3.8, 4) is 0 Å². The average molecular weight is 454 g/mol. The highest BCUT2D eigenvalue weighted by atomic mass is 127. The van der Waals surface area contributed by atoms with Crippen LogP contribution < -0.4 is 10.6 Å². The lowest BCUT2D eigenvalue weighted by Gasteiger charge is -2.08. The predicted molar refractivity (Wildman–Crippen MR) is 110 cm³/mol. The number of thioether (sulfide) groups is 1. The van der Waals surface area contributed by atoms with Gasteiger partial charge in [-0.2, -0.15) is 0 Å². The molecule has 126 valence electrons. The number of anilines is 2. The molecule has 0 saturated carbocycles. The fourth-order valence-corrected chi connectivity index (χ4v) is 3.16. The summed E-state index contributed by atoms with van der Waals surface area (Å²) in [6.07, 6.45) is 0. The van der Waals surface area contributed by atoms with Crippen molar-refractivity contribution in [3.63, 3.8) is 0 Å². The first kappa shape index (κ1) is 18.8. The molecule has 0 aromatic heterocycles. The van der Waals surface area contributed by atoms with Gasteiger partial charge in [-0.25, -0.2) is 0 Å². The summed E-state index contributed by atoms with van der Waals surface area (Å²) >= 11 is 3.53. The average Bonchev–Trinajstić information content (AvgIpc) is 2.51. The number of nitrogens with one attached hydrogen (secondary N) is 2. The number of halogens is 1. The molecule has 0 radical (unpaired) electrons. The number of amides is 2. The van der Waals surface area contributed by atoms with Crippen LogP contribution in [0.4, 0.5) is 11.4 Å². The molecule has 0 unspecified atom stereocenters. The second-order valence-electron chi connectivity index (χ2n) is 5.42. The number of benzene rings is 2. The minimum absolute atomic E-state index is 0.108. The van der Waals surface area contributed by atoms with Crippen LogP contribution >= 0.6 is 34.4 Å². The maximum absolute atomic E-state index is 11.9. The van der Waals surface area contributed by atoms with E-state index in [-0.39, 0.29) is 23.3 Å². The lowest BCUT2D eigenvalue weighted by Crippen LogP contribution is -2.18. The van der Waals surface area contributed by atoms with E-state index in [2.05, 4.69) is 33.2 Å². The molecule has 0 atom stereocenters. The molecule has 0 aliphatic carbocycles. The van der Waals surface area contributed by atoms with Gasteiger partial charge in [0, 0.05) is 14.9 Å². The highest BCUT2D eigenvalue weighted by molar-refractivity contribution is 14.1. The third-order valence-corrected chi connectivity index (χ3v) is 5.32. The van der Waals surface area contributed by atoms with Crippen LogP contribution in [0.15, 0.2) is 42.5 Å². The first-order chi connectivity index (χ1) is 11.4. The van der Waals surface area contributed by atoms with E-state index in [4.69, 9.17) is 0 Å². The van der Waals surface area contributed by atoms with Gasteiger partial charge in [0.2, 0.25) is 11.8 Å². The molecule has 0 bridgehead atoms. The molecule has 0 saturated heterocycles. The van der Waals surface area contributed by atoms with E-state index in [0.29, 0.717) is 0 Å². The molecule has 6 heteroatoms. The fraction of sp³-hybridized carbons (Fsp3) is 0.222. The third kappa shape index (κ3) is 6.16. The van der Waals surface area contributed by atoms with Crippen molar-refractivity contribution >= 4 is 57.5 Å². The molecule has 2 amide bonds. The van der Waals surface area contributed by atoms with Crippen molar-refractivity contribution < 1.29 is 9.59 Å². The van der Waals surface area contributed by atoms with Gasteiger partial charge in [-0.3, -0.25) is 9.59 Å². The largest absolute Gasteiger partial charge is 0.325 e. The lowest BCUT2D eigenvalue weighted by atomic mass is 10.2. The summed E-state index contributed by atoms with van der Waals surface area (Å²) in [5.41, 5.74) is 3.82. The number of hydrogen-bond acceptors (Lipinski definition) is 3. The molecule has 0 spiro atoms. The molecule has 2 aromatic rings. The van der Waals surface area contributed by atoms with Crippen LogP contribution in [0.2, 0.25) is 0 Å². The van der Waals surface area contributed by atoms with Crippen LogP contribution in [0.3, 0.4) is 0 Å². The van der Waals surface area contributed by atoms with Crippen molar-refractivity contribution in [2.24, 2.45) is 0 Å². The van der Waals surface area contributed by atoms with Crippen LogP contribution in [0.5, 0.6) is 0 Å². The quantitative estimate of drug-likeness (QED) is 0.643. The Morgan fingerprint density at radius 1 is 0.958 bits per heavy atom. The standard InChI is InChI=1S/C18H19IN2O2S/c1-12-4-3-5-14(8-12)20-17(22)10-24-11-18(23)21-15-7-6-13(2)16(19)9-15/h3-9H,10-11H2,1-2H3,(H,20,22)(H,21,23). The molecular weight excluding hydrogens is 435 g/mol. The van der Waals surface area contributed by atoms with Gasteiger partial charge in [0.15, 0.2) is 0 Å². The summed E-state index contributed by atoms with van der Waals surface area (Å²) in [4.78, 5) is 23.8. The number of carbonyl (C=O) groups excluding carboxylic acids is 2. The molecule has 0 aliphatic heterocycles. The normalized spacial score (nSPS) is 10.3. The minimum atomic E-state index is -0.108. The summed E-state index contributed by atoms with van der Waals surface area (Å²) in [7, 11) is 0. The Bertz CT molecular complexity index is 750. The van der Waals surface area contributed by atoms with Crippen LogP contribution in [0, 0.1) is 17.4 Å². The summed E-state index contributed by atoms with van der Waals surface area (Å²) < 4.78 is 1.11. The van der Waals surface area contributed by atoms with Gasteiger partial charge >= 0.3 is 0 Å². The van der Waals surface area contributed by atoms with Gasteiger partial charge < -0.3 is 10.6 Å². The van der Waals surface area contributed by atoms with Gasteiger partial charge in [0.1, 0.15) is 0 Å². The summed E-state index contributed by atoms with van der Waals surface area (Å²) in [5.74, 6) is 0.268. The fourth-order valence-electron chi connectivity index (χ4n) is 2.02. The van der Waals surface area contributed by atoms with Gasteiger partial charge in [0.05, 0.1) is 11.5 Å². The van der Waals surface area contributed by atoms with Crippen molar-refractivity contribution in [2.75, 3.05) is 22.1 Å². The molecule has 2 aromatic carbocycles. The SMILES string of the molecule is Cc1cccc(NC(=O)CSCC(=O)Nc2ccc(C)c(I)c2)c1. The van der Waals surface area contributed by atoms with E-state index in [0.717, 1.165) is 20.5 Å². The number of aryl methyl sites for hydroxylation is 2. The highest BCUT2D eigenvalue weighted by Gasteiger charge is 2.07. The smallest absolute Gasteiger partial charge is 0.234 e. The zero-order valence-corrected chi connectivity index (χ0v) is 16.5. The lowest BCUT2D eigenvalue weighted by molar-refractivity contribution is -0.114. The van der Waals surface area contributed by atoms with Crippen LogP contribution in [-0.2, 0) is 9.59 Å². The molecule has 4 nitrogen and oxygen atoms in total. The van der Waals surface area contributed by atoms with E-state index in [1.807, 2.05) is 56.3 Å². The molecule has 2 N–H and O–H groups in total. The Hall–Kier alpha value is -1.54. The zero-order valence-electron chi connectivity index (χ0n) is 13.6. The van der Waals surface area contributed by atoms with Gasteiger partial charge in [0.25, 0.3) is 0 Å². The number of carbonyl (C=O) groups is 2. The molecule has 0 aliphatic rings. The Labute approximate surface area is 159 Å². The molecule has 0 heterocycles. The second kappa shape index (κ2) is 9.08. The first-order valence-corrected chi connectivity index (χ1v) is 9.67. The second-order valence-corrected chi connectivity index (χ2v) is 7.57. The Morgan fingerprint density at radius 3 is 2.17 bits per heavy atom. The van der Waals surface area contributed by atoms with Crippen molar-refractivity contribution in [3.05, 3.63) is 57.2 Å². The summed E-state index contributed by atoms with van der Waals surface area (Å²) in [6, 6.07) is 13.4. The molecule has 0 fully saturated rings. The highest BCUT2D eigenvalue weighted by Crippen LogP contribution is 2.17. The van der Waals surface area contributed by atoms with Crippen LogP contribution in [-0.4, -0.2) is 23.3 Å². The van der Waals surface area contributed by atoms with Crippen molar-refractivity contribution in [1.82, 2.24) is 0 Å². The topological polar surface area (TPSA) is 58.2 Å². The van der Waals surface area contributed by atoms with E-state index in [1.165, 1.54) is 17.3 Å². The minimum Gasteiger partial charge on any atom is -0.325 e. The van der Waals surface area contributed by atoms with Crippen molar-refractivity contribution in [2.45, 2.75) is 13.8 Å². The molecular formula is C18H19IN2O2S. The monoisotopic (exact) mass is 454 g/mol.